The Hall–Kier alpha value is -2.72. The minimum atomic E-state index is 0.172. The second kappa shape index (κ2) is 5.14. The molecule has 1 N–H and O–H groups in total. The Morgan fingerprint density at radius 2 is 1.83 bits per heavy atom. The molecule has 3 aliphatic rings. The van der Waals surface area contributed by atoms with Crippen molar-refractivity contribution in [2.24, 2.45) is 4.99 Å². The number of allylic oxidation sites excluding steroid dienone is 1. The van der Waals surface area contributed by atoms with Gasteiger partial charge in [-0.2, -0.15) is 0 Å². The highest BCUT2D eigenvalue weighted by atomic mass is 16.1. The molecule has 2 aromatic rings. The average Bonchev–Trinajstić information content (AvgIpc) is 3.00. The summed E-state index contributed by atoms with van der Waals surface area (Å²) in [5.41, 5.74) is 6.48. The van der Waals surface area contributed by atoms with Gasteiger partial charge in [-0.1, -0.05) is 42.5 Å². The number of carbonyl (C=O) groups excluding carboxylic acids is 1. The van der Waals surface area contributed by atoms with Gasteiger partial charge in [-0.25, -0.2) is 4.99 Å². The SMILES string of the molecule is O=C1CC=C2N=C(CN3Cc4ccccc4C3)Nc3cccc1c32. The number of aliphatic imine (C=N–C) groups is 1. The van der Waals surface area contributed by atoms with Gasteiger partial charge in [-0.15, -0.1) is 0 Å². The molecule has 2 aromatic carbocycles. The minimum Gasteiger partial charge on any atom is -0.342 e. The molecule has 4 nitrogen and oxygen atoms in total. The molecule has 0 aromatic heterocycles. The number of nitrogens with one attached hydrogen (secondary N) is 1. The van der Waals surface area contributed by atoms with Crippen LogP contribution in [0.4, 0.5) is 5.69 Å². The molecule has 4 heteroatoms. The lowest BCUT2D eigenvalue weighted by molar-refractivity contribution is 0.0994. The van der Waals surface area contributed by atoms with Crippen molar-refractivity contribution in [1.29, 1.82) is 0 Å². The first-order valence-corrected chi connectivity index (χ1v) is 8.28. The van der Waals surface area contributed by atoms with Crippen LogP contribution in [-0.4, -0.2) is 23.1 Å². The van der Waals surface area contributed by atoms with Crippen molar-refractivity contribution in [1.82, 2.24) is 4.90 Å². The van der Waals surface area contributed by atoms with Crippen molar-refractivity contribution >= 4 is 23.0 Å². The molecular weight excluding hydrogens is 298 g/mol. The Labute approximate surface area is 140 Å². The van der Waals surface area contributed by atoms with Crippen LogP contribution in [0.5, 0.6) is 0 Å². The van der Waals surface area contributed by atoms with Crippen LogP contribution < -0.4 is 5.32 Å². The molecule has 0 fully saturated rings. The lowest BCUT2D eigenvalue weighted by Gasteiger charge is -2.26. The van der Waals surface area contributed by atoms with E-state index in [1.54, 1.807) is 0 Å². The number of Topliss-reactive ketones (excluding diaryl/α,β-unsaturated/α-hetero) is 1. The van der Waals surface area contributed by atoms with Crippen LogP contribution in [-0.2, 0) is 13.1 Å². The van der Waals surface area contributed by atoms with E-state index in [4.69, 9.17) is 4.99 Å². The number of carbonyl (C=O) groups is 1. The van der Waals surface area contributed by atoms with Gasteiger partial charge in [-0.3, -0.25) is 9.69 Å². The van der Waals surface area contributed by atoms with Crippen LogP contribution in [0.15, 0.2) is 53.5 Å². The summed E-state index contributed by atoms with van der Waals surface area (Å²) in [5.74, 6) is 1.12. The third-order valence-corrected chi connectivity index (χ3v) is 4.92. The molecule has 2 heterocycles. The molecule has 1 aliphatic carbocycles. The summed E-state index contributed by atoms with van der Waals surface area (Å²) >= 11 is 0. The standard InChI is InChI=1S/C20H17N3O/c24-18-9-8-17-20-15(18)6-3-7-16(20)21-19(22-17)12-23-10-13-4-1-2-5-14(13)11-23/h1-8H,9-12H2,(H,21,22). The Morgan fingerprint density at radius 3 is 2.62 bits per heavy atom. The van der Waals surface area contributed by atoms with Crippen molar-refractivity contribution in [3.63, 3.8) is 0 Å². The zero-order chi connectivity index (χ0) is 16.1. The highest BCUT2D eigenvalue weighted by Gasteiger charge is 2.27. The van der Waals surface area contributed by atoms with Crippen molar-refractivity contribution in [2.45, 2.75) is 19.5 Å². The molecular formula is C20H17N3O. The van der Waals surface area contributed by atoms with Crippen LogP contribution in [0.2, 0.25) is 0 Å². The number of nitrogens with zero attached hydrogens (tertiary/aromatic N) is 2. The molecule has 0 atom stereocenters. The fraction of sp³-hybridized carbons (Fsp3) is 0.200. The summed E-state index contributed by atoms with van der Waals surface area (Å²) in [6, 6.07) is 14.5. The first-order chi connectivity index (χ1) is 11.8. The number of anilines is 1. The lowest BCUT2D eigenvalue weighted by atomic mass is 9.91. The molecule has 5 rings (SSSR count). The van der Waals surface area contributed by atoms with Gasteiger partial charge in [0.05, 0.1) is 12.2 Å². The van der Waals surface area contributed by atoms with Gasteiger partial charge in [0.2, 0.25) is 0 Å². The highest BCUT2D eigenvalue weighted by Crippen LogP contribution is 2.36. The van der Waals surface area contributed by atoms with E-state index in [-0.39, 0.29) is 5.78 Å². The van der Waals surface area contributed by atoms with Crippen LogP contribution in [0.1, 0.15) is 33.5 Å². The summed E-state index contributed by atoms with van der Waals surface area (Å²) in [7, 11) is 0. The fourth-order valence-electron chi connectivity index (χ4n) is 3.80. The van der Waals surface area contributed by atoms with Crippen molar-refractivity contribution < 1.29 is 4.79 Å². The quantitative estimate of drug-likeness (QED) is 0.923. The maximum atomic E-state index is 12.1. The largest absolute Gasteiger partial charge is 0.342 e. The van der Waals surface area contributed by atoms with Crippen LogP contribution in [0, 0.1) is 0 Å². The molecule has 0 saturated carbocycles. The van der Waals surface area contributed by atoms with Gasteiger partial charge >= 0.3 is 0 Å². The second-order valence-electron chi connectivity index (χ2n) is 6.54. The van der Waals surface area contributed by atoms with E-state index < -0.39 is 0 Å². The molecule has 0 amide bonds. The van der Waals surface area contributed by atoms with Gasteiger partial charge in [0.1, 0.15) is 5.84 Å². The summed E-state index contributed by atoms with van der Waals surface area (Å²) in [4.78, 5) is 19.3. The Balaban J connectivity index is 1.43. The van der Waals surface area contributed by atoms with E-state index in [0.717, 1.165) is 48.0 Å². The van der Waals surface area contributed by atoms with Crippen molar-refractivity contribution in [3.05, 3.63) is 70.8 Å². The number of rotatable bonds is 2. The molecule has 0 radical (unpaired) electrons. The van der Waals surface area contributed by atoms with E-state index in [1.165, 1.54) is 11.1 Å². The Kier molecular flexibility index (Phi) is 2.94. The van der Waals surface area contributed by atoms with E-state index in [9.17, 15) is 4.79 Å². The highest BCUT2D eigenvalue weighted by molar-refractivity contribution is 6.13. The van der Waals surface area contributed by atoms with Crippen LogP contribution in [0.3, 0.4) is 0 Å². The maximum Gasteiger partial charge on any atom is 0.167 e. The van der Waals surface area contributed by atoms with E-state index in [1.807, 2.05) is 24.3 Å². The average molecular weight is 315 g/mol. The van der Waals surface area contributed by atoms with E-state index >= 15 is 0 Å². The Morgan fingerprint density at radius 1 is 1.04 bits per heavy atom. The first kappa shape index (κ1) is 13.7. The normalized spacial score (nSPS) is 18.4. The molecule has 2 aliphatic heterocycles. The summed E-state index contributed by atoms with van der Waals surface area (Å²) < 4.78 is 0. The molecule has 0 bridgehead atoms. The van der Waals surface area contributed by atoms with Gasteiger partial charge in [0, 0.05) is 36.3 Å². The first-order valence-electron chi connectivity index (χ1n) is 8.28. The maximum absolute atomic E-state index is 12.1. The zero-order valence-electron chi connectivity index (χ0n) is 13.2. The van der Waals surface area contributed by atoms with Crippen LogP contribution >= 0.6 is 0 Å². The number of amidine groups is 1. The molecule has 0 unspecified atom stereocenters. The lowest BCUT2D eigenvalue weighted by Crippen LogP contribution is -2.32. The molecule has 118 valence electrons. The number of ketones is 1. The number of fused-ring (bicyclic) bond motifs is 1. The predicted molar refractivity (Wildman–Crippen MR) is 95.0 cm³/mol. The summed E-state index contributed by atoms with van der Waals surface area (Å²) in [6.45, 7) is 2.70. The molecule has 24 heavy (non-hydrogen) atoms. The zero-order valence-corrected chi connectivity index (χ0v) is 13.2. The third kappa shape index (κ3) is 2.11. The number of benzene rings is 2. The predicted octanol–water partition coefficient (Wildman–Crippen LogP) is 3.45. The summed E-state index contributed by atoms with van der Waals surface area (Å²) in [5, 5.41) is 3.43. The minimum absolute atomic E-state index is 0.172. The monoisotopic (exact) mass is 315 g/mol. The van der Waals surface area contributed by atoms with Gasteiger partial charge in [0.15, 0.2) is 5.78 Å². The number of hydrogen-bond donors (Lipinski definition) is 1. The Bertz CT molecular complexity index is 901. The third-order valence-electron chi connectivity index (χ3n) is 4.92. The molecule has 0 saturated heterocycles. The van der Waals surface area contributed by atoms with E-state index in [0.29, 0.717) is 6.42 Å². The fourth-order valence-corrected chi connectivity index (χ4v) is 3.80. The van der Waals surface area contributed by atoms with Crippen LogP contribution in [0.25, 0.3) is 5.70 Å². The van der Waals surface area contributed by atoms with E-state index in [2.05, 4.69) is 34.5 Å². The van der Waals surface area contributed by atoms with Gasteiger partial charge in [0.25, 0.3) is 0 Å². The van der Waals surface area contributed by atoms with Gasteiger partial charge in [-0.05, 0) is 17.2 Å². The smallest absolute Gasteiger partial charge is 0.167 e. The summed E-state index contributed by atoms with van der Waals surface area (Å²) in [6.07, 6.45) is 2.39. The molecule has 0 spiro atoms. The second-order valence-corrected chi connectivity index (χ2v) is 6.54. The van der Waals surface area contributed by atoms with Gasteiger partial charge < -0.3 is 5.32 Å². The van der Waals surface area contributed by atoms with Crippen molar-refractivity contribution in [2.75, 3.05) is 11.9 Å². The van der Waals surface area contributed by atoms with Crippen molar-refractivity contribution in [3.8, 4) is 0 Å². The topological polar surface area (TPSA) is 44.7 Å². The number of hydrogen-bond acceptors (Lipinski definition) is 4.